The van der Waals surface area contributed by atoms with Gasteiger partial charge in [-0.1, -0.05) is 52.0 Å². The van der Waals surface area contributed by atoms with Crippen molar-refractivity contribution >= 4 is 39.4 Å². The molecule has 0 saturated heterocycles. The van der Waals surface area contributed by atoms with Crippen LogP contribution in [-0.2, 0) is 16.0 Å². The number of carbonyl (C=O) groups is 1. The summed E-state index contributed by atoms with van der Waals surface area (Å²) in [6, 6.07) is 0. The molecule has 1 rings (SSSR count). The number of hydrogen-bond acceptors (Lipinski definition) is 7. The van der Waals surface area contributed by atoms with Gasteiger partial charge in [-0.25, -0.2) is 9.97 Å². The topological polar surface area (TPSA) is 102 Å². The van der Waals surface area contributed by atoms with Gasteiger partial charge in [0.1, 0.15) is 18.1 Å². The van der Waals surface area contributed by atoms with Crippen molar-refractivity contribution < 1.29 is 9.53 Å². The lowest BCUT2D eigenvalue weighted by molar-refractivity contribution is -0.139. The second-order valence-corrected chi connectivity index (χ2v) is 6.33. The first kappa shape index (κ1) is 26.6. The molecule has 0 radical (unpaired) electrons. The number of aromatic nitrogens is 2. The van der Waals surface area contributed by atoms with Crippen molar-refractivity contribution in [2.75, 3.05) is 28.5 Å². The van der Waals surface area contributed by atoms with Crippen LogP contribution in [-0.4, -0.2) is 29.1 Å². The van der Waals surface area contributed by atoms with E-state index >= 15 is 0 Å². The highest BCUT2D eigenvalue weighted by atomic mass is 79.9. The van der Waals surface area contributed by atoms with Crippen LogP contribution < -0.4 is 15.4 Å². The third-order valence-corrected chi connectivity index (χ3v) is 4.05. The molecule has 1 heterocycles. The zero-order valence-electron chi connectivity index (χ0n) is 18.1. The molecule has 0 fully saturated rings. The van der Waals surface area contributed by atoms with Gasteiger partial charge in [0.15, 0.2) is 11.6 Å². The maximum absolute atomic E-state index is 10.8. The minimum Gasteiger partial charge on any atom is -0.461 e. The number of anilines is 3. The van der Waals surface area contributed by atoms with Crippen molar-refractivity contribution in [3.8, 4) is 0 Å². The fraction of sp³-hybridized carbons (Fsp3) is 0.476. The summed E-state index contributed by atoms with van der Waals surface area (Å²) in [6.45, 7) is 14.0. The number of hydrogen-bond donors (Lipinski definition) is 3. The number of carbonyl (C=O) groups excluding carboxylic acids is 1. The second-order valence-electron chi connectivity index (χ2n) is 5.94. The number of aryl methyl sites for hydroxylation is 1. The molecule has 0 saturated carbocycles. The highest BCUT2D eigenvalue weighted by Gasteiger charge is 2.11. The fourth-order valence-corrected chi connectivity index (χ4v) is 2.50. The van der Waals surface area contributed by atoms with E-state index in [0.29, 0.717) is 29.4 Å². The Morgan fingerprint density at radius 3 is 2.55 bits per heavy atom. The molecular weight excluding hydrogens is 434 g/mol. The van der Waals surface area contributed by atoms with Crippen molar-refractivity contribution in [3.63, 3.8) is 0 Å². The summed E-state index contributed by atoms with van der Waals surface area (Å²) in [7, 11) is 0. The Labute approximate surface area is 183 Å². The van der Waals surface area contributed by atoms with E-state index in [2.05, 4.69) is 49.3 Å². The van der Waals surface area contributed by atoms with Crippen LogP contribution in [0, 0.1) is 0 Å². The van der Waals surface area contributed by atoms with Gasteiger partial charge in [0.25, 0.3) is 0 Å². The largest absolute Gasteiger partial charge is 0.461 e. The third-order valence-electron chi connectivity index (χ3n) is 3.66. The molecule has 0 aliphatic heterocycles. The minimum atomic E-state index is -0.326. The average molecular weight is 468 g/mol. The number of unbranched alkanes of at least 4 members (excludes halogenated alkanes) is 1. The van der Waals surface area contributed by atoms with Gasteiger partial charge in [0.2, 0.25) is 0 Å². The summed E-state index contributed by atoms with van der Waals surface area (Å²) in [6.07, 6.45) is 8.58. The molecule has 7 nitrogen and oxygen atoms in total. The quantitative estimate of drug-likeness (QED) is 0.234. The van der Waals surface area contributed by atoms with Gasteiger partial charge in [-0.3, -0.25) is 4.79 Å². The monoisotopic (exact) mass is 467 g/mol. The number of halogens is 1. The number of nitrogen functional groups attached to an aromatic ring is 1. The van der Waals surface area contributed by atoms with Crippen molar-refractivity contribution in [1.29, 1.82) is 0 Å². The van der Waals surface area contributed by atoms with E-state index in [0.717, 1.165) is 30.7 Å². The Bertz CT molecular complexity index is 717. The van der Waals surface area contributed by atoms with E-state index in [4.69, 9.17) is 10.5 Å². The summed E-state index contributed by atoms with van der Waals surface area (Å²) in [4.78, 5) is 19.7. The molecule has 0 aliphatic rings. The summed E-state index contributed by atoms with van der Waals surface area (Å²) in [5.74, 6) is 1.42. The number of nitrogens with zero attached hydrogens (tertiary/aromatic N) is 2. The van der Waals surface area contributed by atoms with Gasteiger partial charge in [-0.15, -0.1) is 0 Å². The fourth-order valence-electron chi connectivity index (χ4n) is 2.10. The van der Waals surface area contributed by atoms with Crippen LogP contribution in [0.25, 0.3) is 0 Å². The van der Waals surface area contributed by atoms with E-state index in [9.17, 15) is 4.79 Å². The van der Waals surface area contributed by atoms with Gasteiger partial charge in [-0.05, 0) is 24.5 Å². The summed E-state index contributed by atoms with van der Waals surface area (Å²) in [5, 5.41) is 3.29. The SMILES string of the molecule is C=C(/C=C\C(=C/C)CNc1nc(CCCC)nc(N)c1NBr)COC(C)=O.CC. The maximum atomic E-state index is 10.8. The summed E-state index contributed by atoms with van der Waals surface area (Å²) in [5.41, 5.74) is 8.37. The number of nitrogens with two attached hydrogens (primary N) is 1. The van der Waals surface area contributed by atoms with E-state index < -0.39 is 0 Å². The Balaban J connectivity index is 0.00000379. The van der Waals surface area contributed by atoms with E-state index in [-0.39, 0.29) is 12.6 Å². The molecule has 0 aromatic carbocycles. The molecule has 29 heavy (non-hydrogen) atoms. The molecule has 0 atom stereocenters. The molecule has 0 spiro atoms. The first-order chi connectivity index (χ1) is 13.9. The normalized spacial score (nSPS) is 10.9. The van der Waals surface area contributed by atoms with Crippen LogP contribution in [0.15, 0.2) is 36.0 Å². The first-order valence-corrected chi connectivity index (χ1v) is 10.6. The molecule has 4 N–H and O–H groups in total. The van der Waals surface area contributed by atoms with Crippen LogP contribution in [0.3, 0.4) is 0 Å². The number of ether oxygens (including phenoxy) is 1. The number of rotatable bonds is 11. The molecular formula is C21H34BrN5O2. The Morgan fingerprint density at radius 1 is 1.31 bits per heavy atom. The highest BCUT2D eigenvalue weighted by Crippen LogP contribution is 2.27. The predicted octanol–water partition coefficient (Wildman–Crippen LogP) is 5.18. The molecule has 0 aliphatic carbocycles. The Kier molecular flexibility index (Phi) is 14.3. The average Bonchev–Trinajstić information content (AvgIpc) is 2.72. The standard InChI is InChI=1S/C19H28BrN5O2.C2H6/c1-5-7-8-16-23-18(21)17(25-20)19(24-16)22-11-15(6-2)10-9-13(3)12-27-14(4)26;1-2/h6,9-10,25H,3,5,7-8,11-12H2,1-2,4H3,(H3,21,22,23,24);1-2H3/b10-9-,15-6+;. The smallest absolute Gasteiger partial charge is 0.302 e. The zero-order chi connectivity index (χ0) is 22.2. The number of esters is 1. The van der Waals surface area contributed by atoms with E-state index in [1.807, 2.05) is 39.0 Å². The predicted molar refractivity (Wildman–Crippen MR) is 126 cm³/mol. The Hall–Kier alpha value is -2.35. The van der Waals surface area contributed by atoms with Crippen molar-refractivity contribution in [3.05, 3.63) is 41.8 Å². The summed E-state index contributed by atoms with van der Waals surface area (Å²) < 4.78 is 7.78. The summed E-state index contributed by atoms with van der Waals surface area (Å²) >= 11 is 3.21. The lowest BCUT2D eigenvalue weighted by Crippen LogP contribution is -2.11. The van der Waals surface area contributed by atoms with Gasteiger partial charge in [0.05, 0.1) is 0 Å². The first-order valence-electron chi connectivity index (χ1n) is 9.82. The van der Waals surface area contributed by atoms with Gasteiger partial charge in [-0.2, -0.15) is 0 Å². The second kappa shape index (κ2) is 15.6. The lowest BCUT2D eigenvalue weighted by atomic mass is 10.2. The maximum Gasteiger partial charge on any atom is 0.302 e. The van der Waals surface area contributed by atoms with Crippen molar-refractivity contribution in [1.82, 2.24) is 9.97 Å². The van der Waals surface area contributed by atoms with Gasteiger partial charge < -0.3 is 20.1 Å². The minimum absolute atomic E-state index is 0.178. The van der Waals surface area contributed by atoms with Gasteiger partial charge in [0, 0.05) is 36.0 Å². The zero-order valence-corrected chi connectivity index (χ0v) is 19.7. The van der Waals surface area contributed by atoms with E-state index in [1.54, 1.807) is 0 Å². The highest BCUT2D eigenvalue weighted by molar-refractivity contribution is 9.10. The van der Waals surface area contributed by atoms with Crippen molar-refractivity contribution in [2.45, 2.75) is 53.9 Å². The molecule has 162 valence electrons. The van der Waals surface area contributed by atoms with Crippen LogP contribution in [0.1, 0.15) is 53.3 Å². The molecule has 1 aromatic heterocycles. The number of allylic oxidation sites excluding steroid dienone is 1. The lowest BCUT2D eigenvalue weighted by Gasteiger charge is -2.14. The molecule has 8 heteroatoms. The van der Waals surface area contributed by atoms with Crippen molar-refractivity contribution in [2.24, 2.45) is 0 Å². The number of nitrogens with one attached hydrogen (secondary N) is 2. The van der Waals surface area contributed by atoms with Crippen LogP contribution in [0.5, 0.6) is 0 Å². The van der Waals surface area contributed by atoms with E-state index in [1.165, 1.54) is 6.92 Å². The van der Waals surface area contributed by atoms with Crippen LogP contribution in [0.2, 0.25) is 0 Å². The Morgan fingerprint density at radius 2 is 2.00 bits per heavy atom. The molecule has 1 aromatic rings. The molecule has 0 amide bonds. The van der Waals surface area contributed by atoms with Gasteiger partial charge >= 0.3 is 5.97 Å². The molecule has 0 unspecified atom stereocenters. The third kappa shape index (κ3) is 10.7. The molecule has 0 bridgehead atoms. The van der Waals surface area contributed by atoms with Crippen LogP contribution >= 0.6 is 16.1 Å². The van der Waals surface area contributed by atoms with Crippen LogP contribution in [0.4, 0.5) is 17.3 Å².